The lowest BCUT2D eigenvalue weighted by Crippen LogP contribution is -2.35. The molecule has 1 aromatic carbocycles. The van der Waals surface area contributed by atoms with Crippen LogP contribution < -0.4 is 0 Å². The Balaban J connectivity index is 1.69. The lowest BCUT2D eigenvalue weighted by molar-refractivity contribution is 0.0533. The fraction of sp³-hybridized carbons (Fsp3) is 0.600. The highest BCUT2D eigenvalue weighted by atomic mass is 19.2. The number of benzene rings is 1. The Bertz CT molecular complexity index is 497. The quantitative estimate of drug-likeness (QED) is 0.844. The van der Waals surface area contributed by atoms with Crippen LogP contribution in [-0.4, -0.2) is 44.9 Å². The number of methoxy groups -OCH3 is 1. The molecule has 5 heteroatoms. The summed E-state index contributed by atoms with van der Waals surface area (Å²) in [5, 5.41) is 0. The van der Waals surface area contributed by atoms with Crippen molar-refractivity contribution in [3.05, 3.63) is 35.4 Å². The Hall–Kier alpha value is -1.04. The molecule has 2 aliphatic rings. The first kappa shape index (κ1) is 13.9. The Kier molecular flexibility index (Phi) is 3.75. The monoisotopic (exact) mass is 283 g/mol. The van der Waals surface area contributed by atoms with Crippen molar-refractivity contribution in [3.63, 3.8) is 0 Å². The molecule has 0 unspecified atom stereocenters. The number of rotatable bonds is 4. The molecule has 110 valence electrons. The van der Waals surface area contributed by atoms with Gasteiger partial charge in [-0.25, -0.2) is 8.78 Å². The summed E-state index contributed by atoms with van der Waals surface area (Å²) in [4.78, 5) is 2.28. The third-order valence-corrected chi connectivity index (χ3v) is 4.41. The molecule has 0 spiro atoms. The van der Waals surface area contributed by atoms with E-state index in [0.29, 0.717) is 19.1 Å². The van der Waals surface area contributed by atoms with Gasteiger partial charge in [0, 0.05) is 38.1 Å². The molecule has 0 N–H and O–H groups in total. The van der Waals surface area contributed by atoms with Gasteiger partial charge >= 0.3 is 0 Å². The molecular weight excluding hydrogens is 264 g/mol. The van der Waals surface area contributed by atoms with Crippen LogP contribution >= 0.6 is 0 Å². The SMILES string of the molecule is COC[C@]12COC[C@H]1CN(Cc1ccc(F)c(F)c1)C2. The van der Waals surface area contributed by atoms with Crippen LogP contribution in [0.3, 0.4) is 0 Å². The van der Waals surface area contributed by atoms with Crippen molar-refractivity contribution in [3.8, 4) is 0 Å². The van der Waals surface area contributed by atoms with Crippen LogP contribution in [0.15, 0.2) is 18.2 Å². The number of halogens is 2. The minimum absolute atomic E-state index is 0.0628. The van der Waals surface area contributed by atoms with E-state index in [-0.39, 0.29) is 5.41 Å². The van der Waals surface area contributed by atoms with E-state index in [0.717, 1.165) is 31.9 Å². The Morgan fingerprint density at radius 1 is 1.40 bits per heavy atom. The second kappa shape index (κ2) is 5.39. The van der Waals surface area contributed by atoms with Crippen LogP contribution in [-0.2, 0) is 16.0 Å². The largest absolute Gasteiger partial charge is 0.384 e. The van der Waals surface area contributed by atoms with Crippen LogP contribution in [0.1, 0.15) is 5.56 Å². The molecule has 3 rings (SSSR count). The van der Waals surface area contributed by atoms with Gasteiger partial charge in [0.25, 0.3) is 0 Å². The second-order valence-electron chi connectivity index (χ2n) is 5.93. The first-order valence-corrected chi connectivity index (χ1v) is 6.86. The average Bonchev–Trinajstić information content (AvgIpc) is 2.90. The molecule has 0 radical (unpaired) electrons. The molecule has 0 aliphatic carbocycles. The summed E-state index contributed by atoms with van der Waals surface area (Å²) in [5.74, 6) is -1.11. The highest BCUT2D eigenvalue weighted by Crippen LogP contribution is 2.41. The summed E-state index contributed by atoms with van der Waals surface area (Å²) >= 11 is 0. The minimum Gasteiger partial charge on any atom is -0.384 e. The smallest absolute Gasteiger partial charge is 0.159 e. The van der Waals surface area contributed by atoms with Gasteiger partial charge in [-0.15, -0.1) is 0 Å². The standard InChI is InChI=1S/C15H19F2NO2/c1-19-9-15-8-18(6-12(15)7-20-10-15)5-11-2-3-13(16)14(17)4-11/h2-4,12H,5-10H2,1H3/t12-,15-/m1/s1. The summed E-state index contributed by atoms with van der Waals surface area (Å²) < 4.78 is 37.1. The highest BCUT2D eigenvalue weighted by Gasteiger charge is 2.50. The molecule has 3 nitrogen and oxygen atoms in total. The molecule has 2 aliphatic heterocycles. The topological polar surface area (TPSA) is 21.7 Å². The maximum Gasteiger partial charge on any atom is 0.159 e. The van der Waals surface area contributed by atoms with Crippen molar-refractivity contribution < 1.29 is 18.3 Å². The number of ether oxygens (including phenoxy) is 2. The van der Waals surface area contributed by atoms with Crippen LogP contribution in [0.4, 0.5) is 8.78 Å². The van der Waals surface area contributed by atoms with Crippen LogP contribution in [0.25, 0.3) is 0 Å². The first-order valence-electron chi connectivity index (χ1n) is 6.86. The molecule has 2 atom stereocenters. The van der Waals surface area contributed by atoms with E-state index >= 15 is 0 Å². The van der Waals surface area contributed by atoms with Gasteiger partial charge in [-0.05, 0) is 17.7 Å². The zero-order valence-electron chi connectivity index (χ0n) is 11.6. The number of likely N-dealkylation sites (tertiary alicyclic amines) is 1. The van der Waals surface area contributed by atoms with Gasteiger partial charge in [0.05, 0.1) is 19.8 Å². The summed E-state index contributed by atoms with van der Waals surface area (Å²) in [5.41, 5.74) is 0.866. The van der Waals surface area contributed by atoms with E-state index in [1.165, 1.54) is 12.1 Å². The molecule has 2 heterocycles. The fourth-order valence-corrected chi connectivity index (χ4v) is 3.45. The zero-order chi connectivity index (χ0) is 14.2. The van der Waals surface area contributed by atoms with Crippen molar-refractivity contribution >= 4 is 0 Å². The molecule has 0 amide bonds. The maximum absolute atomic E-state index is 13.2. The summed E-state index contributed by atoms with van der Waals surface area (Å²) in [6.07, 6.45) is 0. The van der Waals surface area contributed by atoms with Gasteiger partial charge in [-0.1, -0.05) is 6.07 Å². The first-order chi connectivity index (χ1) is 9.63. The highest BCUT2D eigenvalue weighted by molar-refractivity contribution is 5.18. The predicted octanol–water partition coefficient (Wildman–Crippen LogP) is 2.06. The third kappa shape index (κ3) is 2.45. The molecule has 1 aromatic rings. The molecule has 2 fully saturated rings. The van der Waals surface area contributed by atoms with Crippen molar-refractivity contribution in [1.29, 1.82) is 0 Å². The van der Waals surface area contributed by atoms with E-state index in [1.807, 2.05) is 0 Å². The van der Waals surface area contributed by atoms with Gasteiger partial charge in [0.1, 0.15) is 0 Å². The number of hydrogen-bond acceptors (Lipinski definition) is 3. The van der Waals surface area contributed by atoms with Crippen LogP contribution in [0, 0.1) is 23.0 Å². The van der Waals surface area contributed by atoms with Gasteiger partial charge in [0.2, 0.25) is 0 Å². The van der Waals surface area contributed by atoms with Gasteiger partial charge in [-0.3, -0.25) is 4.90 Å². The zero-order valence-corrected chi connectivity index (χ0v) is 11.6. The predicted molar refractivity (Wildman–Crippen MR) is 70.3 cm³/mol. The summed E-state index contributed by atoms with van der Waals surface area (Å²) in [6.45, 7) is 4.61. The number of nitrogens with zero attached hydrogens (tertiary/aromatic N) is 1. The molecule has 0 bridgehead atoms. The van der Waals surface area contributed by atoms with Crippen LogP contribution in [0.2, 0.25) is 0 Å². The second-order valence-corrected chi connectivity index (χ2v) is 5.93. The van der Waals surface area contributed by atoms with E-state index in [4.69, 9.17) is 9.47 Å². The molecule has 2 saturated heterocycles. The van der Waals surface area contributed by atoms with Crippen molar-refractivity contribution in [1.82, 2.24) is 4.90 Å². The fourth-order valence-electron chi connectivity index (χ4n) is 3.45. The Morgan fingerprint density at radius 3 is 3.00 bits per heavy atom. The van der Waals surface area contributed by atoms with Crippen LogP contribution in [0.5, 0.6) is 0 Å². The van der Waals surface area contributed by atoms with E-state index in [9.17, 15) is 8.78 Å². The normalized spacial score (nSPS) is 29.9. The summed E-state index contributed by atoms with van der Waals surface area (Å²) in [7, 11) is 1.71. The Morgan fingerprint density at radius 2 is 2.25 bits per heavy atom. The molecular formula is C15H19F2NO2. The van der Waals surface area contributed by atoms with Gasteiger partial charge < -0.3 is 9.47 Å². The molecule has 20 heavy (non-hydrogen) atoms. The summed E-state index contributed by atoms with van der Waals surface area (Å²) in [6, 6.07) is 4.12. The number of hydrogen-bond donors (Lipinski definition) is 0. The van der Waals surface area contributed by atoms with E-state index in [2.05, 4.69) is 4.90 Å². The van der Waals surface area contributed by atoms with Gasteiger partial charge in [-0.2, -0.15) is 0 Å². The third-order valence-electron chi connectivity index (χ3n) is 4.41. The minimum atomic E-state index is -0.795. The molecule has 0 saturated carbocycles. The lowest BCUT2D eigenvalue weighted by Gasteiger charge is -2.26. The molecule has 0 aromatic heterocycles. The van der Waals surface area contributed by atoms with E-state index < -0.39 is 11.6 Å². The average molecular weight is 283 g/mol. The van der Waals surface area contributed by atoms with Crippen molar-refractivity contribution in [2.45, 2.75) is 6.54 Å². The van der Waals surface area contributed by atoms with E-state index in [1.54, 1.807) is 13.2 Å². The van der Waals surface area contributed by atoms with Gasteiger partial charge in [0.15, 0.2) is 11.6 Å². The number of fused-ring (bicyclic) bond motifs is 1. The van der Waals surface area contributed by atoms with Crippen molar-refractivity contribution in [2.75, 3.05) is 40.0 Å². The lowest BCUT2D eigenvalue weighted by atomic mass is 9.82. The maximum atomic E-state index is 13.2. The van der Waals surface area contributed by atoms with Crippen molar-refractivity contribution in [2.24, 2.45) is 11.3 Å². The Labute approximate surface area is 117 Å².